The largest absolute Gasteiger partial charge is 0.466 e. The Morgan fingerprint density at radius 1 is 1.14 bits per heavy atom. The molecule has 0 unspecified atom stereocenters. The number of amides is 3. The van der Waals surface area contributed by atoms with Gasteiger partial charge in [-0.3, -0.25) is 9.69 Å². The van der Waals surface area contributed by atoms with E-state index in [1.165, 1.54) is 7.11 Å². The van der Waals surface area contributed by atoms with E-state index in [9.17, 15) is 14.4 Å². The highest BCUT2D eigenvalue weighted by Gasteiger charge is 2.34. The van der Waals surface area contributed by atoms with Crippen LogP contribution in [0, 0.1) is 6.92 Å². The number of nitrogens with zero attached hydrogens (tertiary/aromatic N) is 2. The summed E-state index contributed by atoms with van der Waals surface area (Å²) in [6.07, 6.45) is 0. The van der Waals surface area contributed by atoms with Crippen LogP contribution in [0.15, 0.2) is 35.5 Å². The number of hydrogen-bond acceptors (Lipinski definition) is 5. The van der Waals surface area contributed by atoms with Crippen molar-refractivity contribution in [3.05, 3.63) is 46.7 Å². The maximum absolute atomic E-state index is 12.6. The van der Waals surface area contributed by atoms with Crippen LogP contribution in [0.3, 0.4) is 0 Å². The van der Waals surface area contributed by atoms with Gasteiger partial charge in [0.05, 0.1) is 18.7 Å². The van der Waals surface area contributed by atoms with Crippen molar-refractivity contribution in [2.45, 2.75) is 19.9 Å². The van der Waals surface area contributed by atoms with Crippen LogP contribution >= 0.6 is 0 Å². The molecule has 0 bridgehead atoms. The Labute approximate surface area is 164 Å². The van der Waals surface area contributed by atoms with Gasteiger partial charge >= 0.3 is 12.0 Å². The average Bonchev–Trinajstić information content (AvgIpc) is 2.68. The smallest absolute Gasteiger partial charge is 0.338 e. The molecule has 0 aliphatic carbocycles. The van der Waals surface area contributed by atoms with Crippen LogP contribution in [0.5, 0.6) is 0 Å². The minimum Gasteiger partial charge on any atom is -0.466 e. The lowest BCUT2D eigenvalue weighted by Crippen LogP contribution is -2.52. The lowest BCUT2D eigenvalue weighted by atomic mass is 9.94. The maximum atomic E-state index is 12.6. The van der Waals surface area contributed by atoms with Gasteiger partial charge < -0.3 is 20.3 Å². The van der Waals surface area contributed by atoms with Gasteiger partial charge in [-0.2, -0.15) is 0 Å². The summed E-state index contributed by atoms with van der Waals surface area (Å²) in [5, 5.41) is 5.61. The molecule has 8 heteroatoms. The summed E-state index contributed by atoms with van der Waals surface area (Å²) in [4.78, 5) is 40.3. The predicted molar refractivity (Wildman–Crippen MR) is 103 cm³/mol. The van der Waals surface area contributed by atoms with E-state index in [-0.39, 0.29) is 11.9 Å². The van der Waals surface area contributed by atoms with Crippen molar-refractivity contribution in [2.24, 2.45) is 0 Å². The van der Waals surface area contributed by atoms with Gasteiger partial charge in [0.2, 0.25) is 5.91 Å². The van der Waals surface area contributed by atoms with Crippen molar-refractivity contribution in [2.75, 3.05) is 39.8 Å². The lowest BCUT2D eigenvalue weighted by molar-refractivity contribution is -0.136. The van der Waals surface area contributed by atoms with Crippen LogP contribution in [-0.2, 0) is 14.3 Å². The molecule has 3 amide bonds. The third-order valence-electron chi connectivity index (χ3n) is 5.17. The Balaban J connectivity index is 1.88. The van der Waals surface area contributed by atoms with Crippen molar-refractivity contribution in [3.8, 4) is 0 Å². The molecule has 1 aromatic rings. The molecule has 2 N–H and O–H groups in total. The number of urea groups is 1. The monoisotopic (exact) mass is 386 g/mol. The number of esters is 1. The summed E-state index contributed by atoms with van der Waals surface area (Å²) >= 11 is 0. The zero-order chi connectivity index (χ0) is 20.3. The van der Waals surface area contributed by atoms with E-state index in [0.29, 0.717) is 44.0 Å². The molecule has 0 saturated carbocycles. The number of piperazine rings is 1. The molecule has 1 aromatic carbocycles. The van der Waals surface area contributed by atoms with E-state index in [0.717, 1.165) is 11.1 Å². The van der Waals surface area contributed by atoms with E-state index < -0.39 is 12.0 Å². The van der Waals surface area contributed by atoms with Crippen molar-refractivity contribution >= 4 is 17.9 Å². The Hall–Kier alpha value is -2.87. The Kier molecular flexibility index (Phi) is 5.99. The SMILES string of the molecule is COC(=O)C1=C(CN2CCN(C(C)=O)CC2)NC(=O)N[C@@H]1c1ccc(C)cc1. The van der Waals surface area contributed by atoms with Crippen LogP contribution in [-0.4, -0.2) is 67.5 Å². The molecule has 2 aliphatic rings. The van der Waals surface area contributed by atoms with Crippen LogP contribution in [0.4, 0.5) is 4.79 Å². The molecule has 150 valence electrons. The molecular weight excluding hydrogens is 360 g/mol. The first kappa shape index (κ1) is 19.9. The van der Waals surface area contributed by atoms with Gasteiger partial charge in [-0.1, -0.05) is 29.8 Å². The molecule has 1 atom stereocenters. The minimum absolute atomic E-state index is 0.0590. The second-order valence-electron chi connectivity index (χ2n) is 7.11. The molecule has 2 aliphatic heterocycles. The molecular formula is C20H26N4O4. The van der Waals surface area contributed by atoms with Crippen LogP contribution < -0.4 is 10.6 Å². The summed E-state index contributed by atoms with van der Waals surface area (Å²) in [5.74, 6) is -0.417. The predicted octanol–water partition coefficient (Wildman–Crippen LogP) is 0.940. The van der Waals surface area contributed by atoms with Gasteiger partial charge in [0.1, 0.15) is 0 Å². The third kappa shape index (κ3) is 4.33. The number of methoxy groups -OCH3 is 1. The highest BCUT2D eigenvalue weighted by Crippen LogP contribution is 2.28. The zero-order valence-corrected chi connectivity index (χ0v) is 16.4. The highest BCUT2D eigenvalue weighted by atomic mass is 16.5. The number of rotatable bonds is 4. The number of nitrogens with one attached hydrogen (secondary N) is 2. The molecule has 2 heterocycles. The topological polar surface area (TPSA) is 91.0 Å². The normalized spacial score (nSPS) is 20.5. The van der Waals surface area contributed by atoms with Crippen LogP contribution in [0.1, 0.15) is 24.1 Å². The lowest BCUT2D eigenvalue weighted by Gasteiger charge is -2.36. The van der Waals surface area contributed by atoms with Gasteiger partial charge in [-0.15, -0.1) is 0 Å². The number of carbonyl (C=O) groups excluding carboxylic acids is 3. The van der Waals surface area contributed by atoms with Gasteiger partial charge in [0, 0.05) is 45.3 Å². The van der Waals surface area contributed by atoms with E-state index in [2.05, 4.69) is 15.5 Å². The second-order valence-corrected chi connectivity index (χ2v) is 7.11. The number of hydrogen-bond donors (Lipinski definition) is 2. The quantitative estimate of drug-likeness (QED) is 0.752. The summed E-state index contributed by atoms with van der Waals surface area (Å²) in [5.41, 5.74) is 2.85. The molecule has 0 radical (unpaired) electrons. The van der Waals surface area contributed by atoms with Gasteiger partial charge in [-0.05, 0) is 12.5 Å². The summed E-state index contributed by atoms with van der Waals surface area (Å²) in [7, 11) is 1.33. The first-order chi connectivity index (χ1) is 13.4. The fraction of sp³-hybridized carbons (Fsp3) is 0.450. The van der Waals surface area contributed by atoms with Gasteiger partial charge in [-0.25, -0.2) is 9.59 Å². The number of aryl methyl sites for hydroxylation is 1. The Morgan fingerprint density at radius 3 is 2.36 bits per heavy atom. The molecule has 0 aromatic heterocycles. The highest BCUT2D eigenvalue weighted by molar-refractivity contribution is 5.95. The second kappa shape index (κ2) is 8.43. The number of carbonyl (C=O) groups is 3. The van der Waals surface area contributed by atoms with Crippen molar-refractivity contribution in [1.29, 1.82) is 0 Å². The molecule has 1 fully saturated rings. The number of benzene rings is 1. The first-order valence-corrected chi connectivity index (χ1v) is 9.32. The van der Waals surface area contributed by atoms with Crippen LogP contribution in [0.2, 0.25) is 0 Å². The molecule has 8 nitrogen and oxygen atoms in total. The zero-order valence-electron chi connectivity index (χ0n) is 16.4. The Bertz CT molecular complexity index is 795. The fourth-order valence-electron chi connectivity index (χ4n) is 3.55. The number of ether oxygens (including phenoxy) is 1. The van der Waals surface area contributed by atoms with Gasteiger partial charge in [0.25, 0.3) is 0 Å². The van der Waals surface area contributed by atoms with Crippen molar-refractivity contribution < 1.29 is 19.1 Å². The van der Waals surface area contributed by atoms with E-state index in [4.69, 9.17) is 4.74 Å². The standard InChI is InChI=1S/C20H26N4O4/c1-13-4-6-15(7-5-13)18-17(19(26)28-3)16(21-20(27)22-18)12-23-8-10-24(11-9-23)14(2)25/h4-7,18H,8-12H2,1-3H3,(H2,21,22,27)/t18-/m1/s1. The minimum atomic E-state index is -0.574. The van der Waals surface area contributed by atoms with Crippen molar-refractivity contribution in [3.63, 3.8) is 0 Å². The van der Waals surface area contributed by atoms with E-state index >= 15 is 0 Å². The summed E-state index contributed by atoms with van der Waals surface area (Å²) in [6.45, 7) is 6.56. The van der Waals surface area contributed by atoms with Gasteiger partial charge in [0.15, 0.2) is 0 Å². The van der Waals surface area contributed by atoms with E-state index in [1.807, 2.05) is 31.2 Å². The molecule has 28 heavy (non-hydrogen) atoms. The third-order valence-corrected chi connectivity index (χ3v) is 5.17. The molecule has 0 spiro atoms. The maximum Gasteiger partial charge on any atom is 0.338 e. The first-order valence-electron chi connectivity index (χ1n) is 9.32. The summed E-state index contributed by atoms with van der Waals surface area (Å²) in [6, 6.07) is 6.76. The Morgan fingerprint density at radius 2 is 1.79 bits per heavy atom. The molecule has 3 rings (SSSR count). The molecule has 1 saturated heterocycles. The fourth-order valence-corrected chi connectivity index (χ4v) is 3.55. The average molecular weight is 386 g/mol. The summed E-state index contributed by atoms with van der Waals surface area (Å²) < 4.78 is 5.01. The van der Waals surface area contributed by atoms with E-state index in [1.54, 1.807) is 11.8 Å². The van der Waals surface area contributed by atoms with Crippen LogP contribution in [0.25, 0.3) is 0 Å². The van der Waals surface area contributed by atoms with Crippen molar-refractivity contribution in [1.82, 2.24) is 20.4 Å².